The van der Waals surface area contributed by atoms with Gasteiger partial charge in [-0.15, -0.1) is 0 Å². The van der Waals surface area contributed by atoms with E-state index in [-0.39, 0.29) is 28.1 Å². The van der Waals surface area contributed by atoms with E-state index in [1.165, 1.54) is 28.8 Å². The van der Waals surface area contributed by atoms with Gasteiger partial charge in [-0.2, -0.15) is 5.26 Å². The van der Waals surface area contributed by atoms with Gasteiger partial charge in [0.15, 0.2) is 0 Å². The van der Waals surface area contributed by atoms with Gasteiger partial charge < -0.3 is 15.2 Å². The van der Waals surface area contributed by atoms with Gasteiger partial charge in [-0.05, 0) is 63.6 Å². The van der Waals surface area contributed by atoms with Gasteiger partial charge in [-0.3, -0.25) is 19.4 Å². The lowest BCUT2D eigenvalue weighted by atomic mass is 9.98. The molecule has 0 spiro atoms. The maximum atomic E-state index is 13.6. The Kier molecular flexibility index (Phi) is 6.82. The van der Waals surface area contributed by atoms with Crippen LogP contribution >= 0.6 is 0 Å². The maximum absolute atomic E-state index is 13.6. The van der Waals surface area contributed by atoms with Crippen LogP contribution in [0.2, 0.25) is 0 Å². The predicted octanol–water partition coefficient (Wildman–Crippen LogP) is 3.67. The number of carbonyl (C=O) groups excluding carboxylic acids is 3. The molecule has 8 nitrogen and oxygen atoms in total. The van der Waals surface area contributed by atoms with Gasteiger partial charge in [0.05, 0.1) is 28.6 Å². The summed E-state index contributed by atoms with van der Waals surface area (Å²) in [5, 5.41) is 14.2. The van der Waals surface area contributed by atoms with Gasteiger partial charge in [0.1, 0.15) is 23.4 Å². The Morgan fingerprint density at radius 3 is 2.40 bits per heavy atom. The molecule has 35 heavy (non-hydrogen) atoms. The Hall–Kier alpha value is -4.39. The number of hydrogen-bond acceptors (Lipinski definition) is 5. The number of Topliss-reactive ketones (excluding diaryl/α,β-unsaturated/α-hetero) is 1. The van der Waals surface area contributed by atoms with Crippen LogP contribution in [0.4, 0.5) is 14.5 Å². The lowest BCUT2D eigenvalue weighted by Gasteiger charge is -2.25. The van der Waals surface area contributed by atoms with E-state index in [9.17, 15) is 23.2 Å². The number of nitrogens with one attached hydrogen (secondary N) is 2. The van der Waals surface area contributed by atoms with Crippen LogP contribution in [0.5, 0.6) is 0 Å². The lowest BCUT2D eigenvalue weighted by Crippen LogP contribution is -2.45. The predicted molar refractivity (Wildman–Crippen MR) is 124 cm³/mol. The second kappa shape index (κ2) is 9.46. The zero-order valence-corrected chi connectivity index (χ0v) is 19.8. The number of nitriles is 1. The second-order valence-corrected chi connectivity index (χ2v) is 8.52. The summed E-state index contributed by atoms with van der Waals surface area (Å²) in [6.45, 7) is 6.39. The second-order valence-electron chi connectivity index (χ2n) is 8.52. The summed E-state index contributed by atoms with van der Waals surface area (Å²) in [4.78, 5) is 42.9. The molecule has 2 N–H and O–H groups in total. The molecule has 0 aliphatic rings. The van der Waals surface area contributed by atoms with Crippen molar-refractivity contribution < 1.29 is 23.2 Å². The number of anilines is 1. The van der Waals surface area contributed by atoms with Gasteiger partial charge in [0, 0.05) is 18.4 Å². The largest absolute Gasteiger partial charge is 0.343 e. The quantitative estimate of drug-likeness (QED) is 0.413. The number of benzene rings is 1. The molecule has 2 aromatic heterocycles. The van der Waals surface area contributed by atoms with Crippen LogP contribution in [0.1, 0.15) is 57.2 Å². The highest BCUT2D eigenvalue weighted by Gasteiger charge is 2.32. The number of pyridine rings is 1. The van der Waals surface area contributed by atoms with Crippen molar-refractivity contribution in [1.82, 2.24) is 14.9 Å². The summed E-state index contributed by atoms with van der Waals surface area (Å²) in [6, 6.07) is 7.89. The summed E-state index contributed by atoms with van der Waals surface area (Å²) >= 11 is 0. The molecule has 0 radical (unpaired) electrons. The first kappa shape index (κ1) is 25.2. The highest BCUT2D eigenvalue weighted by atomic mass is 19.1. The summed E-state index contributed by atoms with van der Waals surface area (Å²) in [7, 11) is 1.57. The molecule has 0 unspecified atom stereocenters. The van der Waals surface area contributed by atoms with Crippen LogP contribution in [0.25, 0.3) is 0 Å². The minimum absolute atomic E-state index is 0.0647. The van der Waals surface area contributed by atoms with E-state index in [4.69, 9.17) is 5.26 Å². The van der Waals surface area contributed by atoms with Crippen molar-refractivity contribution in [2.45, 2.75) is 33.2 Å². The molecule has 0 aliphatic heterocycles. The van der Waals surface area contributed by atoms with Gasteiger partial charge >= 0.3 is 0 Å². The average molecular weight is 479 g/mol. The van der Waals surface area contributed by atoms with Gasteiger partial charge in [-0.25, -0.2) is 8.78 Å². The fourth-order valence-electron chi connectivity index (χ4n) is 3.78. The number of hydrogen-bond donors (Lipinski definition) is 2. The number of aromatic nitrogens is 2. The highest BCUT2D eigenvalue weighted by molar-refractivity contribution is 6.43. The Morgan fingerprint density at radius 1 is 1.11 bits per heavy atom. The Bertz CT molecular complexity index is 1390. The van der Waals surface area contributed by atoms with Crippen molar-refractivity contribution in [1.29, 1.82) is 5.26 Å². The first-order valence-corrected chi connectivity index (χ1v) is 10.5. The maximum Gasteiger partial charge on any atom is 0.293 e. The van der Waals surface area contributed by atoms with Crippen molar-refractivity contribution in [2.24, 2.45) is 7.05 Å². The standard InChI is InChI=1S/C25H23F2N5O3/c1-13-20(22(33)24(35)31-25(3,4)19-9-6-16(26)12-29-19)14(2)32(5)21(13)23(34)30-17-7-8-18(27)15(10-17)11-28/h6-10,12H,1-5H3,(H,30,34)(H,31,35). The van der Waals surface area contributed by atoms with Gasteiger partial charge in [0.25, 0.3) is 17.6 Å². The number of amides is 2. The van der Waals surface area contributed by atoms with Crippen LogP contribution < -0.4 is 10.6 Å². The van der Waals surface area contributed by atoms with Crippen molar-refractivity contribution in [3.63, 3.8) is 0 Å². The fourth-order valence-corrected chi connectivity index (χ4v) is 3.78. The molecule has 2 amide bonds. The van der Waals surface area contributed by atoms with Crippen molar-refractivity contribution in [2.75, 3.05) is 5.32 Å². The van der Waals surface area contributed by atoms with Crippen molar-refractivity contribution in [3.8, 4) is 6.07 Å². The minimum atomic E-state index is -1.07. The topological polar surface area (TPSA) is 117 Å². The molecule has 0 saturated carbocycles. The highest BCUT2D eigenvalue weighted by Crippen LogP contribution is 2.25. The number of carbonyl (C=O) groups is 3. The zero-order chi connectivity index (χ0) is 26.1. The van der Waals surface area contributed by atoms with E-state index in [0.29, 0.717) is 11.4 Å². The molecule has 0 bridgehead atoms. The molecule has 3 rings (SSSR count). The van der Waals surface area contributed by atoms with Crippen LogP contribution in [0, 0.1) is 36.8 Å². The van der Waals surface area contributed by atoms with E-state index < -0.39 is 34.8 Å². The Morgan fingerprint density at radius 2 is 1.80 bits per heavy atom. The first-order chi connectivity index (χ1) is 16.4. The van der Waals surface area contributed by atoms with E-state index in [1.807, 2.05) is 0 Å². The van der Waals surface area contributed by atoms with Crippen LogP contribution in [-0.4, -0.2) is 27.1 Å². The SMILES string of the molecule is Cc1c(C(=O)C(=O)NC(C)(C)c2ccc(F)cn2)c(C)n(C)c1C(=O)Nc1ccc(F)c(C#N)c1. The number of ketones is 1. The van der Waals surface area contributed by atoms with Crippen LogP contribution in [0.3, 0.4) is 0 Å². The summed E-state index contributed by atoms with van der Waals surface area (Å²) in [6.07, 6.45) is 1.02. The summed E-state index contributed by atoms with van der Waals surface area (Å²) < 4.78 is 28.3. The fraction of sp³-hybridized carbons (Fsp3) is 0.240. The van der Waals surface area contributed by atoms with Crippen LogP contribution in [0.15, 0.2) is 36.5 Å². The molecule has 1 aromatic carbocycles. The third-order valence-electron chi connectivity index (χ3n) is 5.72. The number of nitrogens with zero attached hydrogens (tertiary/aromatic N) is 3. The zero-order valence-electron chi connectivity index (χ0n) is 19.8. The molecular formula is C25H23F2N5O3. The minimum Gasteiger partial charge on any atom is -0.343 e. The molecule has 0 atom stereocenters. The summed E-state index contributed by atoms with van der Waals surface area (Å²) in [5.41, 5.74) is 0.121. The summed E-state index contributed by atoms with van der Waals surface area (Å²) in [5.74, 6) is -3.61. The molecule has 0 fully saturated rings. The third-order valence-corrected chi connectivity index (χ3v) is 5.72. The average Bonchev–Trinajstić information content (AvgIpc) is 3.02. The van der Waals surface area contributed by atoms with Gasteiger partial charge in [-0.1, -0.05) is 0 Å². The number of rotatable bonds is 6. The van der Waals surface area contributed by atoms with Crippen LogP contribution in [-0.2, 0) is 17.4 Å². The number of halogens is 2. The lowest BCUT2D eigenvalue weighted by molar-refractivity contribution is -0.118. The Labute approximate surface area is 200 Å². The monoisotopic (exact) mass is 479 g/mol. The first-order valence-electron chi connectivity index (χ1n) is 10.5. The molecule has 180 valence electrons. The van der Waals surface area contributed by atoms with E-state index >= 15 is 0 Å². The van der Waals surface area contributed by atoms with Crippen molar-refractivity contribution in [3.05, 3.63) is 81.9 Å². The third kappa shape index (κ3) is 4.94. The van der Waals surface area contributed by atoms with E-state index in [2.05, 4.69) is 15.6 Å². The molecule has 3 aromatic rings. The molecule has 10 heteroatoms. The van der Waals surface area contributed by atoms with E-state index in [0.717, 1.165) is 12.3 Å². The normalized spacial score (nSPS) is 11.0. The van der Waals surface area contributed by atoms with Crippen molar-refractivity contribution >= 4 is 23.3 Å². The smallest absolute Gasteiger partial charge is 0.293 e. The Balaban J connectivity index is 1.87. The van der Waals surface area contributed by atoms with E-state index in [1.54, 1.807) is 40.8 Å². The van der Waals surface area contributed by atoms with Gasteiger partial charge in [0.2, 0.25) is 0 Å². The molecule has 0 aliphatic carbocycles. The molecular weight excluding hydrogens is 456 g/mol. The molecule has 2 heterocycles. The molecule has 0 saturated heterocycles.